The highest BCUT2D eigenvalue weighted by Crippen LogP contribution is 2.30. The van der Waals surface area contributed by atoms with Gasteiger partial charge in [0.2, 0.25) is 5.91 Å². The number of aryl methyl sites for hydroxylation is 1. The molecule has 36 heavy (non-hydrogen) atoms. The molecule has 1 fully saturated rings. The predicted molar refractivity (Wildman–Crippen MR) is 140 cm³/mol. The Morgan fingerprint density at radius 3 is 2.44 bits per heavy atom. The first-order chi connectivity index (χ1) is 17.4. The van der Waals surface area contributed by atoms with Crippen molar-refractivity contribution in [3.63, 3.8) is 0 Å². The van der Waals surface area contributed by atoms with Gasteiger partial charge in [-0.05, 0) is 61.4 Å². The van der Waals surface area contributed by atoms with Crippen molar-refractivity contribution in [2.75, 3.05) is 27.2 Å². The molecule has 2 amide bonds. The van der Waals surface area contributed by atoms with Crippen LogP contribution in [0, 0.1) is 5.92 Å². The molecule has 0 unspecified atom stereocenters. The number of piperidine rings is 1. The average molecular weight is 489 g/mol. The summed E-state index contributed by atoms with van der Waals surface area (Å²) in [6.07, 6.45) is 4.20. The molecule has 2 aromatic carbocycles. The molecule has 3 aromatic rings. The van der Waals surface area contributed by atoms with Gasteiger partial charge in [-0.25, -0.2) is 0 Å². The number of likely N-dealkylation sites (N-methyl/N-ethyl adjacent to an activating group) is 1. The topological polar surface area (TPSA) is 67.7 Å². The van der Waals surface area contributed by atoms with Gasteiger partial charge in [0.1, 0.15) is 11.4 Å². The van der Waals surface area contributed by atoms with Gasteiger partial charge in [-0.2, -0.15) is 5.10 Å². The summed E-state index contributed by atoms with van der Waals surface area (Å²) in [5.41, 5.74) is 2.61. The minimum Gasteiger partial charge on any atom is -0.497 e. The first-order valence-electron chi connectivity index (χ1n) is 12.6. The summed E-state index contributed by atoms with van der Waals surface area (Å²) in [7, 11) is 5.35. The maximum Gasteiger partial charge on any atom is 0.274 e. The number of carbonyl (C=O) groups is 2. The van der Waals surface area contributed by atoms with E-state index in [1.54, 1.807) is 24.1 Å². The minimum atomic E-state index is -0.163. The Kier molecular flexibility index (Phi) is 8.08. The number of aromatic nitrogens is 2. The number of benzene rings is 2. The van der Waals surface area contributed by atoms with E-state index in [0.717, 1.165) is 29.7 Å². The molecule has 1 aliphatic rings. The van der Waals surface area contributed by atoms with Crippen LogP contribution in [-0.2, 0) is 18.3 Å². The van der Waals surface area contributed by atoms with E-state index in [-0.39, 0.29) is 29.7 Å². The Bertz CT molecular complexity index is 1170. The summed E-state index contributed by atoms with van der Waals surface area (Å²) in [5.74, 6) is 0.996. The van der Waals surface area contributed by atoms with Gasteiger partial charge >= 0.3 is 0 Å². The number of hydrogen-bond acceptors (Lipinski definition) is 4. The normalized spacial score (nSPS) is 15.8. The fraction of sp³-hybridized carbons (Fsp3) is 0.414. The quantitative estimate of drug-likeness (QED) is 0.478. The molecular formula is C29H36N4O3. The molecule has 2 atom stereocenters. The molecule has 190 valence electrons. The zero-order valence-electron chi connectivity index (χ0n) is 21.6. The SMILES string of the molecule is COc1cccc(C[C@H](C2CCN(C(=O)[C@@H](C)c3ccccc3)CC2)N(C)C(=O)c2ccn(C)n2)c1. The molecule has 0 aliphatic carbocycles. The third-order valence-corrected chi connectivity index (χ3v) is 7.39. The number of nitrogens with zero attached hydrogens (tertiary/aromatic N) is 4. The molecule has 0 N–H and O–H groups in total. The highest BCUT2D eigenvalue weighted by Gasteiger charge is 2.34. The second kappa shape index (κ2) is 11.4. The van der Waals surface area contributed by atoms with Gasteiger partial charge in [-0.3, -0.25) is 14.3 Å². The maximum absolute atomic E-state index is 13.3. The lowest BCUT2D eigenvalue weighted by atomic mass is 9.84. The molecule has 0 spiro atoms. The molecule has 7 nitrogen and oxygen atoms in total. The minimum absolute atomic E-state index is 0.0181. The summed E-state index contributed by atoms with van der Waals surface area (Å²) in [6, 6.07) is 19.7. The lowest BCUT2D eigenvalue weighted by Gasteiger charge is -2.40. The van der Waals surface area contributed by atoms with Crippen molar-refractivity contribution < 1.29 is 14.3 Å². The maximum atomic E-state index is 13.3. The Morgan fingerprint density at radius 1 is 1.08 bits per heavy atom. The second-order valence-corrected chi connectivity index (χ2v) is 9.71. The van der Waals surface area contributed by atoms with Crippen LogP contribution in [0.4, 0.5) is 0 Å². The van der Waals surface area contributed by atoms with Crippen molar-refractivity contribution in [1.82, 2.24) is 19.6 Å². The van der Waals surface area contributed by atoms with Crippen LogP contribution in [-0.4, -0.2) is 64.7 Å². The Hall–Kier alpha value is -3.61. The molecule has 0 radical (unpaired) electrons. The summed E-state index contributed by atoms with van der Waals surface area (Å²) >= 11 is 0. The van der Waals surface area contributed by atoms with Crippen LogP contribution in [0.5, 0.6) is 5.75 Å². The van der Waals surface area contributed by atoms with Crippen molar-refractivity contribution in [2.24, 2.45) is 13.0 Å². The number of amides is 2. The van der Waals surface area contributed by atoms with Gasteiger partial charge in [-0.15, -0.1) is 0 Å². The van der Waals surface area contributed by atoms with E-state index in [4.69, 9.17) is 4.74 Å². The molecule has 7 heteroatoms. The van der Waals surface area contributed by atoms with Crippen molar-refractivity contribution in [1.29, 1.82) is 0 Å². The Labute approximate surface area is 213 Å². The number of ether oxygens (including phenoxy) is 1. The fourth-order valence-corrected chi connectivity index (χ4v) is 5.18. The standard InChI is InChI=1S/C29H36N4O3/c1-21(23-10-6-5-7-11-23)28(34)33-17-13-24(14-18-33)27(20-22-9-8-12-25(19-22)36-4)32(3)29(35)26-15-16-31(2)30-26/h5-12,15-16,19,21,24,27H,13-14,17-18,20H2,1-4H3/t21-,27+/m0/s1. The zero-order valence-corrected chi connectivity index (χ0v) is 21.6. The summed E-state index contributed by atoms with van der Waals surface area (Å²) in [4.78, 5) is 30.4. The molecule has 1 aliphatic heterocycles. The fourth-order valence-electron chi connectivity index (χ4n) is 5.18. The predicted octanol–water partition coefficient (Wildman–Crippen LogP) is 4.15. The van der Waals surface area contributed by atoms with Gasteiger partial charge in [-0.1, -0.05) is 42.5 Å². The van der Waals surface area contributed by atoms with Gasteiger partial charge in [0.15, 0.2) is 0 Å². The number of carbonyl (C=O) groups excluding carboxylic acids is 2. The van der Waals surface area contributed by atoms with E-state index in [9.17, 15) is 9.59 Å². The van der Waals surface area contributed by atoms with E-state index in [2.05, 4.69) is 11.2 Å². The first-order valence-corrected chi connectivity index (χ1v) is 12.6. The third kappa shape index (κ3) is 5.78. The van der Waals surface area contributed by atoms with E-state index in [1.807, 2.05) is 79.3 Å². The highest BCUT2D eigenvalue weighted by molar-refractivity contribution is 5.92. The van der Waals surface area contributed by atoms with E-state index in [1.165, 1.54) is 0 Å². The molecule has 4 rings (SSSR count). The van der Waals surface area contributed by atoms with E-state index < -0.39 is 0 Å². The summed E-state index contributed by atoms with van der Waals surface area (Å²) in [5, 5.41) is 4.33. The number of rotatable bonds is 8. The van der Waals surface area contributed by atoms with Crippen LogP contribution in [0.2, 0.25) is 0 Å². The zero-order chi connectivity index (χ0) is 25.7. The monoisotopic (exact) mass is 488 g/mol. The second-order valence-electron chi connectivity index (χ2n) is 9.71. The number of methoxy groups -OCH3 is 1. The Balaban J connectivity index is 1.49. The lowest BCUT2D eigenvalue weighted by molar-refractivity contribution is -0.134. The largest absolute Gasteiger partial charge is 0.497 e. The average Bonchev–Trinajstić information content (AvgIpc) is 3.37. The number of hydrogen-bond donors (Lipinski definition) is 0. The highest BCUT2D eigenvalue weighted by atomic mass is 16.5. The van der Waals surface area contributed by atoms with Crippen LogP contribution in [0.1, 0.15) is 47.3 Å². The van der Waals surface area contributed by atoms with Gasteiger partial charge < -0.3 is 14.5 Å². The van der Waals surface area contributed by atoms with Crippen LogP contribution in [0.25, 0.3) is 0 Å². The van der Waals surface area contributed by atoms with Crippen molar-refractivity contribution in [3.8, 4) is 5.75 Å². The molecule has 0 bridgehead atoms. The van der Waals surface area contributed by atoms with Crippen molar-refractivity contribution in [3.05, 3.63) is 83.7 Å². The Morgan fingerprint density at radius 2 is 1.81 bits per heavy atom. The van der Waals surface area contributed by atoms with Gasteiger partial charge in [0.25, 0.3) is 5.91 Å². The van der Waals surface area contributed by atoms with Crippen molar-refractivity contribution >= 4 is 11.8 Å². The van der Waals surface area contributed by atoms with Crippen molar-refractivity contribution in [2.45, 2.75) is 38.1 Å². The third-order valence-electron chi connectivity index (χ3n) is 7.39. The van der Waals surface area contributed by atoms with Crippen LogP contribution in [0.15, 0.2) is 66.9 Å². The lowest BCUT2D eigenvalue weighted by Crippen LogP contribution is -2.49. The van der Waals surface area contributed by atoms with E-state index in [0.29, 0.717) is 25.2 Å². The molecule has 1 saturated heterocycles. The number of likely N-dealkylation sites (tertiary alicyclic amines) is 1. The smallest absolute Gasteiger partial charge is 0.274 e. The van der Waals surface area contributed by atoms with E-state index >= 15 is 0 Å². The summed E-state index contributed by atoms with van der Waals surface area (Å²) in [6.45, 7) is 3.37. The molecule has 0 saturated carbocycles. The molecular weight excluding hydrogens is 452 g/mol. The molecule has 2 heterocycles. The van der Waals surface area contributed by atoms with Crippen LogP contribution < -0.4 is 4.74 Å². The van der Waals surface area contributed by atoms with Gasteiger partial charge in [0, 0.05) is 39.4 Å². The molecule has 1 aromatic heterocycles. The van der Waals surface area contributed by atoms with Gasteiger partial charge in [0.05, 0.1) is 13.0 Å². The van der Waals surface area contributed by atoms with Crippen LogP contribution >= 0.6 is 0 Å². The first kappa shape index (κ1) is 25.5. The van der Waals surface area contributed by atoms with Crippen LogP contribution in [0.3, 0.4) is 0 Å². The summed E-state index contributed by atoms with van der Waals surface area (Å²) < 4.78 is 7.07.